The normalized spacial score (nSPS) is 16.4. The number of methoxy groups -OCH3 is 1. The first-order chi connectivity index (χ1) is 9.83. The van der Waals surface area contributed by atoms with Crippen molar-refractivity contribution in [3.05, 3.63) is 12.4 Å². The Morgan fingerprint density at radius 2 is 2.05 bits per heavy atom. The molecule has 0 bridgehead atoms. The number of piperazine rings is 1. The van der Waals surface area contributed by atoms with Crippen LogP contribution in [0, 0.1) is 0 Å². The smallest absolute Gasteiger partial charge is 0.134 e. The van der Waals surface area contributed by atoms with Gasteiger partial charge in [0.1, 0.15) is 18.0 Å². The molecule has 20 heavy (non-hydrogen) atoms. The molecule has 0 spiro atoms. The van der Waals surface area contributed by atoms with Crippen LogP contribution in [0.1, 0.15) is 13.3 Å². The molecule has 1 N–H and O–H groups in total. The maximum absolute atomic E-state index is 5.03. The number of aromatic nitrogens is 2. The first-order valence-electron chi connectivity index (χ1n) is 7.35. The molecule has 6 nitrogen and oxygen atoms in total. The molecule has 0 saturated carbocycles. The summed E-state index contributed by atoms with van der Waals surface area (Å²) in [6.07, 6.45) is 2.62. The summed E-state index contributed by atoms with van der Waals surface area (Å²) in [6.45, 7) is 9.26. The maximum atomic E-state index is 5.03. The SMILES string of the molecule is CCN1CCN(c2cc(NCCCOC)ncn2)CC1. The van der Waals surface area contributed by atoms with Crippen LogP contribution in [0.15, 0.2) is 12.4 Å². The summed E-state index contributed by atoms with van der Waals surface area (Å²) in [4.78, 5) is 13.4. The molecule has 0 amide bonds. The topological polar surface area (TPSA) is 53.5 Å². The van der Waals surface area contributed by atoms with Crippen molar-refractivity contribution >= 4 is 11.6 Å². The zero-order valence-electron chi connectivity index (χ0n) is 12.5. The van der Waals surface area contributed by atoms with Crippen LogP contribution in [-0.2, 0) is 4.74 Å². The van der Waals surface area contributed by atoms with Gasteiger partial charge in [-0.05, 0) is 13.0 Å². The average molecular weight is 279 g/mol. The van der Waals surface area contributed by atoms with Gasteiger partial charge in [-0.1, -0.05) is 6.92 Å². The molecule has 1 saturated heterocycles. The number of nitrogens with one attached hydrogen (secondary N) is 1. The minimum Gasteiger partial charge on any atom is -0.385 e. The molecule has 0 unspecified atom stereocenters. The van der Waals surface area contributed by atoms with Crippen molar-refractivity contribution < 1.29 is 4.74 Å². The fourth-order valence-electron chi connectivity index (χ4n) is 2.34. The molecule has 112 valence electrons. The lowest BCUT2D eigenvalue weighted by molar-refractivity contribution is 0.198. The van der Waals surface area contributed by atoms with Crippen LogP contribution in [0.2, 0.25) is 0 Å². The number of likely N-dealkylation sites (N-methyl/N-ethyl adjacent to an activating group) is 1. The van der Waals surface area contributed by atoms with Crippen molar-refractivity contribution in [1.82, 2.24) is 14.9 Å². The third kappa shape index (κ3) is 4.31. The summed E-state index contributed by atoms with van der Waals surface area (Å²) in [5.41, 5.74) is 0. The van der Waals surface area contributed by atoms with E-state index in [-0.39, 0.29) is 0 Å². The van der Waals surface area contributed by atoms with Crippen LogP contribution < -0.4 is 10.2 Å². The van der Waals surface area contributed by atoms with Gasteiger partial charge in [0.15, 0.2) is 0 Å². The largest absolute Gasteiger partial charge is 0.385 e. The average Bonchev–Trinajstić information content (AvgIpc) is 2.52. The second kappa shape index (κ2) is 8.01. The molecule has 1 aromatic heterocycles. The summed E-state index contributed by atoms with van der Waals surface area (Å²) in [6, 6.07) is 2.04. The molecule has 0 aliphatic carbocycles. The highest BCUT2D eigenvalue weighted by atomic mass is 16.5. The van der Waals surface area contributed by atoms with Gasteiger partial charge in [0, 0.05) is 52.5 Å². The number of hydrogen-bond donors (Lipinski definition) is 1. The monoisotopic (exact) mass is 279 g/mol. The molecule has 0 aromatic carbocycles. The molecule has 1 aliphatic rings. The number of hydrogen-bond acceptors (Lipinski definition) is 6. The van der Waals surface area contributed by atoms with Gasteiger partial charge in [-0.3, -0.25) is 0 Å². The molecule has 6 heteroatoms. The predicted molar refractivity (Wildman–Crippen MR) is 81.3 cm³/mol. The minimum absolute atomic E-state index is 0.768. The van der Waals surface area contributed by atoms with E-state index in [1.54, 1.807) is 13.4 Å². The van der Waals surface area contributed by atoms with Crippen LogP contribution in [-0.4, -0.2) is 67.9 Å². The lowest BCUT2D eigenvalue weighted by atomic mass is 10.3. The van der Waals surface area contributed by atoms with Crippen molar-refractivity contribution in [3.8, 4) is 0 Å². The lowest BCUT2D eigenvalue weighted by Gasteiger charge is -2.34. The standard InChI is InChI=1S/C14H25N5O/c1-3-18-6-8-19(9-7-18)14-11-13(16-12-17-14)15-5-4-10-20-2/h11-12H,3-10H2,1-2H3,(H,15,16,17). The van der Waals surface area contributed by atoms with Gasteiger partial charge in [-0.15, -0.1) is 0 Å². The van der Waals surface area contributed by atoms with Gasteiger partial charge in [0.25, 0.3) is 0 Å². The van der Waals surface area contributed by atoms with E-state index < -0.39 is 0 Å². The number of anilines is 2. The van der Waals surface area contributed by atoms with Gasteiger partial charge in [-0.25, -0.2) is 9.97 Å². The second-order valence-corrected chi connectivity index (χ2v) is 4.96. The molecule has 1 fully saturated rings. The zero-order valence-corrected chi connectivity index (χ0v) is 12.5. The van der Waals surface area contributed by atoms with Crippen LogP contribution in [0.25, 0.3) is 0 Å². The molecular formula is C14H25N5O. The van der Waals surface area contributed by atoms with E-state index in [9.17, 15) is 0 Å². The highest BCUT2D eigenvalue weighted by molar-refractivity contribution is 5.48. The summed E-state index contributed by atoms with van der Waals surface area (Å²) in [5.74, 6) is 1.91. The number of nitrogens with zero attached hydrogens (tertiary/aromatic N) is 4. The second-order valence-electron chi connectivity index (χ2n) is 4.96. The number of ether oxygens (including phenoxy) is 1. The summed E-state index contributed by atoms with van der Waals surface area (Å²) in [5, 5.41) is 3.31. The van der Waals surface area contributed by atoms with Crippen molar-refractivity contribution in [2.45, 2.75) is 13.3 Å². The summed E-state index contributed by atoms with van der Waals surface area (Å²) >= 11 is 0. The Labute approximate surface area is 121 Å². The third-order valence-corrected chi connectivity index (χ3v) is 3.63. The Morgan fingerprint density at radius 1 is 1.25 bits per heavy atom. The van der Waals surface area contributed by atoms with Gasteiger partial charge in [0.2, 0.25) is 0 Å². The Morgan fingerprint density at radius 3 is 2.75 bits per heavy atom. The van der Waals surface area contributed by atoms with Crippen LogP contribution in [0.4, 0.5) is 11.6 Å². The predicted octanol–water partition coefficient (Wildman–Crippen LogP) is 1.07. The Bertz CT molecular complexity index is 393. The van der Waals surface area contributed by atoms with E-state index in [4.69, 9.17) is 4.74 Å². The van der Waals surface area contributed by atoms with Gasteiger partial charge in [-0.2, -0.15) is 0 Å². The van der Waals surface area contributed by atoms with Gasteiger partial charge in [0.05, 0.1) is 0 Å². The Kier molecular flexibility index (Phi) is 6.01. The van der Waals surface area contributed by atoms with E-state index in [0.29, 0.717) is 0 Å². The Hall–Kier alpha value is -1.40. The van der Waals surface area contributed by atoms with E-state index in [2.05, 4.69) is 32.0 Å². The minimum atomic E-state index is 0.768. The molecule has 0 atom stereocenters. The fraction of sp³-hybridized carbons (Fsp3) is 0.714. The molecule has 2 rings (SSSR count). The molecule has 2 heterocycles. The van der Waals surface area contributed by atoms with Gasteiger partial charge >= 0.3 is 0 Å². The summed E-state index contributed by atoms with van der Waals surface area (Å²) in [7, 11) is 1.72. The van der Waals surface area contributed by atoms with Crippen molar-refractivity contribution in [1.29, 1.82) is 0 Å². The molecule has 1 aromatic rings. The molecule has 1 aliphatic heterocycles. The fourth-order valence-corrected chi connectivity index (χ4v) is 2.34. The quantitative estimate of drug-likeness (QED) is 0.754. The van der Waals surface area contributed by atoms with Crippen LogP contribution in [0.5, 0.6) is 0 Å². The van der Waals surface area contributed by atoms with Crippen LogP contribution >= 0.6 is 0 Å². The molecule has 0 radical (unpaired) electrons. The maximum Gasteiger partial charge on any atom is 0.134 e. The van der Waals surface area contributed by atoms with E-state index in [1.807, 2.05) is 6.07 Å². The van der Waals surface area contributed by atoms with Gasteiger partial charge < -0.3 is 19.9 Å². The molecular weight excluding hydrogens is 254 g/mol. The third-order valence-electron chi connectivity index (χ3n) is 3.63. The zero-order chi connectivity index (χ0) is 14.2. The highest BCUT2D eigenvalue weighted by Gasteiger charge is 2.16. The first kappa shape index (κ1) is 15.0. The first-order valence-corrected chi connectivity index (χ1v) is 7.35. The van der Waals surface area contributed by atoms with E-state index in [0.717, 1.165) is 63.9 Å². The van der Waals surface area contributed by atoms with E-state index in [1.165, 1.54) is 0 Å². The van der Waals surface area contributed by atoms with E-state index >= 15 is 0 Å². The summed E-state index contributed by atoms with van der Waals surface area (Å²) < 4.78 is 5.03. The van der Waals surface area contributed by atoms with Crippen molar-refractivity contribution in [2.24, 2.45) is 0 Å². The van der Waals surface area contributed by atoms with Crippen molar-refractivity contribution in [2.75, 3.05) is 63.2 Å². The number of rotatable bonds is 7. The van der Waals surface area contributed by atoms with Crippen LogP contribution in [0.3, 0.4) is 0 Å². The lowest BCUT2D eigenvalue weighted by Crippen LogP contribution is -2.46. The Balaban J connectivity index is 1.86. The highest BCUT2D eigenvalue weighted by Crippen LogP contribution is 2.16. The van der Waals surface area contributed by atoms with Crippen molar-refractivity contribution in [3.63, 3.8) is 0 Å².